The molecule has 2 saturated heterocycles. The van der Waals surface area contributed by atoms with Crippen molar-refractivity contribution in [3.63, 3.8) is 0 Å². The summed E-state index contributed by atoms with van der Waals surface area (Å²) in [5, 5.41) is 9.47. The second-order valence-corrected chi connectivity index (χ2v) is 6.83. The number of furan rings is 1. The third-order valence-electron chi connectivity index (χ3n) is 5.28. The zero-order valence-corrected chi connectivity index (χ0v) is 13.5. The Hall–Kier alpha value is -1.82. The van der Waals surface area contributed by atoms with Gasteiger partial charge in [-0.3, -0.25) is 14.5 Å². The van der Waals surface area contributed by atoms with Crippen LogP contribution in [0.15, 0.2) is 23.0 Å². The molecule has 1 aromatic rings. The Morgan fingerprint density at radius 3 is 2.70 bits per heavy atom. The first-order chi connectivity index (χ1) is 11.0. The first-order valence-corrected chi connectivity index (χ1v) is 8.33. The summed E-state index contributed by atoms with van der Waals surface area (Å²) in [5.74, 6) is -0.709. The van der Waals surface area contributed by atoms with Gasteiger partial charge in [0.25, 0.3) is 5.91 Å². The average molecular weight is 320 g/mol. The molecule has 2 fully saturated rings. The third kappa shape index (κ3) is 3.13. The predicted octanol–water partition coefficient (Wildman–Crippen LogP) is 2.07. The van der Waals surface area contributed by atoms with Crippen molar-refractivity contribution in [2.45, 2.75) is 38.6 Å². The van der Waals surface area contributed by atoms with Crippen molar-refractivity contribution in [2.75, 3.05) is 26.2 Å². The molecule has 2 aliphatic rings. The Balaban J connectivity index is 1.64. The van der Waals surface area contributed by atoms with E-state index < -0.39 is 5.97 Å². The molecule has 23 heavy (non-hydrogen) atoms. The van der Waals surface area contributed by atoms with Crippen LogP contribution in [0.2, 0.25) is 0 Å². The van der Waals surface area contributed by atoms with Crippen molar-refractivity contribution >= 4 is 11.9 Å². The van der Waals surface area contributed by atoms with E-state index in [0.717, 1.165) is 32.4 Å². The van der Waals surface area contributed by atoms with Gasteiger partial charge in [-0.05, 0) is 43.7 Å². The minimum atomic E-state index is -0.716. The summed E-state index contributed by atoms with van der Waals surface area (Å²) < 4.78 is 4.98. The largest absolute Gasteiger partial charge is 0.480 e. The smallest absolute Gasteiger partial charge is 0.320 e. The number of likely N-dealkylation sites (tertiary alicyclic amines) is 2. The van der Waals surface area contributed by atoms with Crippen molar-refractivity contribution in [2.24, 2.45) is 5.41 Å². The highest BCUT2D eigenvalue weighted by atomic mass is 16.4. The van der Waals surface area contributed by atoms with Crippen molar-refractivity contribution < 1.29 is 19.1 Å². The maximum atomic E-state index is 12.4. The lowest BCUT2D eigenvalue weighted by atomic mass is 9.76. The van der Waals surface area contributed by atoms with Gasteiger partial charge in [0.1, 0.15) is 12.3 Å². The van der Waals surface area contributed by atoms with Crippen LogP contribution in [0.4, 0.5) is 0 Å². The van der Waals surface area contributed by atoms with E-state index >= 15 is 0 Å². The SMILES string of the molecule is CCCN1CC2(CCN(C(=O)c3ccoc3)CC2)CC1C(=O)O. The molecular formula is C17H24N2O4. The lowest BCUT2D eigenvalue weighted by Gasteiger charge is -2.39. The Morgan fingerprint density at radius 2 is 2.13 bits per heavy atom. The van der Waals surface area contributed by atoms with Gasteiger partial charge in [-0.2, -0.15) is 0 Å². The molecule has 6 heteroatoms. The molecule has 2 aliphatic heterocycles. The highest BCUT2D eigenvalue weighted by molar-refractivity contribution is 5.93. The van der Waals surface area contributed by atoms with Crippen molar-refractivity contribution in [3.8, 4) is 0 Å². The molecule has 1 amide bonds. The number of aliphatic carboxylic acids is 1. The van der Waals surface area contributed by atoms with E-state index in [0.29, 0.717) is 25.1 Å². The molecule has 3 rings (SSSR count). The fraction of sp³-hybridized carbons (Fsp3) is 0.647. The van der Waals surface area contributed by atoms with Crippen LogP contribution in [0.5, 0.6) is 0 Å². The number of rotatable bonds is 4. The molecule has 0 aliphatic carbocycles. The lowest BCUT2D eigenvalue weighted by molar-refractivity contribution is -0.142. The van der Waals surface area contributed by atoms with Crippen LogP contribution >= 0.6 is 0 Å². The van der Waals surface area contributed by atoms with Gasteiger partial charge in [0.15, 0.2) is 0 Å². The molecule has 1 N–H and O–H groups in total. The summed E-state index contributed by atoms with van der Waals surface area (Å²) in [6.07, 6.45) is 6.41. The van der Waals surface area contributed by atoms with Crippen LogP contribution in [0.25, 0.3) is 0 Å². The molecule has 1 spiro atoms. The molecule has 0 bridgehead atoms. The third-order valence-corrected chi connectivity index (χ3v) is 5.28. The number of piperidine rings is 1. The van der Waals surface area contributed by atoms with Gasteiger partial charge in [0.05, 0.1) is 11.8 Å². The number of carboxylic acid groups (broad SMARTS) is 1. The van der Waals surface area contributed by atoms with Gasteiger partial charge in [-0.15, -0.1) is 0 Å². The summed E-state index contributed by atoms with van der Waals surface area (Å²) in [7, 11) is 0. The first-order valence-electron chi connectivity index (χ1n) is 8.33. The van der Waals surface area contributed by atoms with Crippen LogP contribution in [0.3, 0.4) is 0 Å². The molecule has 1 aromatic heterocycles. The Labute approximate surface area is 136 Å². The number of hydrogen-bond acceptors (Lipinski definition) is 4. The Kier molecular flexibility index (Phi) is 4.43. The monoisotopic (exact) mass is 320 g/mol. The molecule has 1 atom stereocenters. The van der Waals surface area contributed by atoms with Crippen molar-refractivity contribution in [1.29, 1.82) is 0 Å². The predicted molar refractivity (Wildman–Crippen MR) is 84.2 cm³/mol. The topological polar surface area (TPSA) is 74.0 Å². The number of hydrogen-bond donors (Lipinski definition) is 1. The van der Waals surface area contributed by atoms with Gasteiger partial charge < -0.3 is 14.4 Å². The number of carboxylic acids is 1. The van der Waals surface area contributed by atoms with Crippen LogP contribution in [-0.2, 0) is 4.79 Å². The summed E-state index contributed by atoms with van der Waals surface area (Å²) >= 11 is 0. The van der Waals surface area contributed by atoms with E-state index in [2.05, 4.69) is 11.8 Å². The molecule has 6 nitrogen and oxygen atoms in total. The van der Waals surface area contributed by atoms with Crippen LogP contribution in [-0.4, -0.2) is 59.0 Å². The van der Waals surface area contributed by atoms with Gasteiger partial charge in [0.2, 0.25) is 0 Å². The van der Waals surface area contributed by atoms with E-state index in [4.69, 9.17) is 4.42 Å². The van der Waals surface area contributed by atoms with Gasteiger partial charge >= 0.3 is 5.97 Å². The molecule has 3 heterocycles. The van der Waals surface area contributed by atoms with E-state index in [1.54, 1.807) is 6.07 Å². The van der Waals surface area contributed by atoms with Crippen LogP contribution in [0.1, 0.15) is 43.0 Å². The fourth-order valence-electron chi connectivity index (χ4n) is 4.03. The lowest BCUT2D eigenvalue weighted by Crippen LogP contribution is -2.44. The Bertz CT molecular complexity index is 561. The second-order valence-electron chi connectivity index (χ2n) is 6.83. The number of amides is 1. The minimum absolute atomic E-state index is 0.00629. The van der Waals surface area contributed by atoms with E-state index in [1.807, 2.05) is 4.90 Å². The van der Waals surface area contributed by atoms with Crippen LogP contribution in [0, 0.1) is 5.41 Å². The first kappa shape index (κ1) is 16.1. The maximum absolute atomic E-state index is 12.4. The number of carbonyl (C=O) groups excluding carboxylic acids is 1. The van der Waals surface area contributed by atoms with Gasteiger partial charge in [0, 0.05) is 19.6 Å². The Morgan fingerprint density at radius 1 is 1.39 bits per heavy atom. The summed E-state index contributed by atoms with van der Waals surface area (Å²) in [6.45, 7) is 5.13. The van der Waals surface area contributed by atoms with Gasteiger partial charge in [-0.1, -0.05) is 6.92 Å². The highest BCUT2D eigenvalue weighted by Gasteiger charge is 2.48. The van der Waals surface area contributed by atoms with E-state index in [9.17, 15) is 14.7 Å². The van der Waals surface area contributed by atoms with Crippen molar-refractivity contribution in [1.82, 2.24) is 9.80 Å². The van der Waals surface area contributed by atoms with Crippen molar-refractivity contribution in [3.05, 3.63) is 24.2 Å². The summed E-state index contributed by atoms with van der Waals surface area (Å²) in [6, 6.07) is 1.32. The zero-order chi connectivity index (χ0) is 16.4. The highest BCUT2D eigenvalue weighted by Crippen LogP contribution is 2.43. The molecule has 1 unspecified atom stereocenters. The minimum Gasteiger partial charge on any atom is -0.480 e. The normalized spacial score (nSPS) is 24.2. The van der Waals surface area contributed by atoms with Crippen LogP contribution < -0.4 is 0 Å². The summed E-state index contributed by atoms with van der Waals surface area (Å²) in [5.41, 5.74) is 0.634. The summed E-state index contributed by atoms with van der Waals surface area (Å²) in [4.78, 5) is 27.9. The molecule has 0 radical (unpaired) electrons. The average Bonchev–Trinajstić information content (AvgIpc) is 3.17. The maximum Gasteiger partial charge on any atom is 0.320 e. The quantitative estimate of drug-likeness (QED) is 0.919. The van der Waals surface area contributed by atoms with E-state index in [1.165, 1.54) is 12.5 Å². The van der Waals surface area contributed by atoms with E-state index in [-0.39, 0.29) is 17.4 Å². The standard InChI is InChI=1S/C17H24N2O4/c1-2-6-19-12-17(10-14(19)16(21)22)4-7-18(8-5-17)15(20)13-3-9-23-11-13/h3,9,11,14H,2,4-8,10,12H2,1H3,(H,21,22). The molecule has 0 aromatic carbocycles. The second kappa shape index (κ2) is 6.35. The number of carbonyl (C=O) groups is 2. The fourth-order valence-corrected chi connectivity index (χ4v) is 4.03. The zero-order valence-electron chi connectivity index (χ0n) is 13.5. The molecule has 126 valence electrons. The van der Waals surface area contributed by atoms with Gasteiger partial charge in [-0.25, -0.2) is 0 Å². The molecule has 0 saturated carbocycles. The number of nitrogens with zero attached hydrogens (tertiary/aromatic N) is 2. The molecular weight excluding hydrogens is 296 g/mol.